The normalized spacial score (nSPS) is 16.0. The van der Waals surface area contributed by atoms with Crippen LogP contribution in [0.1, 0.15) is 40.7 Å². The molecule has 1 saturated heterocycles. The average Bonchev–Trinajstić information content (AvgIpc) is 3.56. The van der Waals surface area contributed by atoms with Crippen molar-refractivity contribution in [2.75, 3.05) is 6.54 Å². The Morgan fingerprint density at radius 1 is 1.16 bits per heavy atom. The third kappa shape index (κ3) is 3.65. The Kier molecular flexibility index (Phi) is 5.40. The molecule has 0 bridgehead atoms. The van der Waals surface area contributed by atoms with Gasteiger partial charge in [0.15, 0.2) is 0 Å². The van der Waals surface area contributed by atoms with Crippen molar-refractivity contribution < 1.29 is 9.32 Å². The maximum atomic E-state index is 13.6. The molecule has 1 aliphatic rings. The van der Waals surface area contributed by atoms with Crippen molar-refractivity contribution in [1.29, 1.82) is 0 Å². The van der Waals surface area contributed by atoms with Gasteiger partial charge in [-0.25, -0.2) is 0 Å². The number of benzene rings is 2. The van der Waals surface area contributed by atoms with Gasteiger partial charge in [0.1, 0.15) is 6.04 Å². The highest BCUT2D eigenvalue weighted by molar-refractivity contribution is 6.31. The fourth-order valence-corrected chi connectivity index (χ4v) is 4.29. The molecule has 0 aliphatic carbocycles. The van der Waals surface area contributed by atoms with E-state index >= 15 is 0 Å². The van der Waals surface area contributed by atoms with Crippen molar-refractivity contribution in [1.82, 2.24) is 30.0 Å². The van der Waals surface area contributed by atoms with Gasteiger partial charge in [-0.05, 0) is 49.6 Å². The van der Waals surface area contributed by atoms with Gasteiger partial charge in [0.2, 0.25) is 11.7 Å². The number of nitrogens with zero attached hydrogens (tertiary/aromatic N) is 6. The molecule has 1 aliphatic heterocycles. The summed E-state index contributed by atoms with van der Waals surface area (Å²) in [6, 6.07) is 10.3. The topological polar surface area (TPSA) is 89.9 Å². The summed E-state index contributed by atoms with van der Waals surface area (Å²) in [5.74, 6) is 0.649. The lowest BCUT2D eigenvalue weighted by atomic mass is 10.1. The number of amides is 1. The number of likely N-dealkylation sites (tertiary alicyclic amines) is 1. The first-order chi connectivity index (χ1) is 15.5. The second-order valence-corrected chi connectivity index (χ2v) is 8.35. The SMILES string of the molecule is Cc1c(Cl)cccc1-c1noc(C2CCCN2C(=O)c2cc(Cl)ccc2-n2nccn2)n1. The van der Waals surface area contributed by atoms with Gasteiger partial charge in [0.25, 0.3) is 5.91 Å². The van der Waals surface area contributed by atoms with Gasteiger partial charge < -0.3 is 9.42 Å². The van der Waals surface area contributed by atoms with E-state index in [1.165, 1.54) is 4.80 Å². The molecule has 32 heavy (non-hydrogen) atoms. The van der Waals surface area contributed by atoms with Gasteiger partial charge in [-0.15, -0.1) is 0 Å². The van der Waals surface area contributed by atoms with Crippen molar-refractivity contribution in [3.8, 4) is 17.1 Å². The molecule has 1 amide bonds. The Bertz CT molecular complexity index is 1290. The molecule has 0 N–H and O–H groups in total. The van der Waals surface area contributed by atoms with Gasteiger partial charge in [0, 0.05) is 22.2 Å². The quantitative estimate of drug-likeness (QED) is 0.422. The van der Waals surface area contributed by atoms with Crippen LogP contribution in [-0.4, -0.2) is 42.5 Å². The van der Waals surface area contributed by atoms with Gasteiger partial charge in [-0.2, -0.15) is 20.0 Å². The highest BCUT2D eigenvalue weighted by Gasteiger charge is 2.36. The maximum absolute atomic E-state index is 13.6. The lowest BCUT2D eigenvalue weighted by Gasteiger charge is -2.23. The van der Waals surface area contributed by atoms with Crippen molar-refractivity contribution >= 4 is 29.1 Å². The van der Waals surface area contributed by atoms with Gasteiger partial charge in [-0.1, -0.05) is 40.5 Å². The molecule has 3 heterocycles. The van der Waals surface area contributed by atoms with Gasteiger partial charge in [0.05, 0.1) is 23.6 Å². The third-order valence-electron chi connectivity index (χ3n) is 5.57. The highest BCUT2D eigenvalue weighted by atomic mass is 35.5. The molecule has 4 aromatic rings. The minimum absolute atomic E-state index is 0.194. The van der Waals surface area contributed by atoms with E-state index in [1.54, 1.807) is 35.5 Å². The standard InChI is InChI=1S/C22H18Cl2N6O2/c1-13-15(4-2-5-17(13)24)20-27-21(32-28-20)19-6-3-11-29(19)22(31)16-12-14(23)7-8-18(16)30-25-9-10-26-30/h2,4-5,7-10,12,19H,3,6,11H2,1H3. The van der Waals surface area contributed by atoms with Crippen molar-refractivity contribution in [2.45, 2.75) is 25.8 Å². The average molecular weight is 469 g/mol. The van der Waals surface area contributed by atoms with Crippen LogP contribution in [0.3, 0.4) is 0 Å². The predicted molar refractivity (Wildman–Crippen MR) is 119 cm³/mol. The summed E-state index contributed by atoms with van der Waals surface area (Å²) < 4.78 is 5.59. The minimum Gasteiger partial charge on any atom is -0.337 e. The molecule has 8 nitrogen and oxygen atoms in total. The molecular formula is C22H18Cl2N6O2. The number of carbonyl (C=O) groups excluding carboxylic acids is 1. The minimum atomic E-state index is -0.333. The smallest absolute Gasteiger partial charge is 0.256 e. The van der Waals surface area contributed by atoms with Crippen LogP contribution >= 0.6 is 23.2 Å². The Balaban J connectivity index is 1.48. The number of hydrogen-bond acceptors (Lipinski definition) is 6. The fraction of sp³-hybridized carbons (Fsp3) is 0.227. The third-order valence-corrected chi connectivity index (χ3v) is 6.22. The van der Waals surface area contributed by atoms with Crippen LogP contribution in [0.5, 0.6) is 0 Å². The largest absolute Gasteiger partial charge is 0.337 e. The second-order valence-electron chi connectivity index (χ2n) is 7.51. The molecule has 0 spiro atoms. The molecule has 0 radical (unpaired) electrons. The Labute approximate surface area is 193 Å². The number of carbonyl (C=O) groups is 1. The number of hydrogen-bond donors (Lipinski definition) is 0. The second kappa shape index (κ2) is 8.37. The lowest BCUT2D eigenvalue weighted by molar-refractivity contribution is 0.0709. The van der Waals surface area contributed by atoms with Crippen molar-refractivity contribution in [3.63, 3.8) is 0 Å². The van der Waals surface area contributed by atoms with Gasteiger partial charge >= 0.3 is 0 Å². The zero-order valence-electron chi connectivity index (χ0n) is 17.1. The molecular weight excluding hydrogens is 451 g/mol. The first kappa shape index (κ1) is 20.7. The molecule has 10 heteroatoms. The zero-order chi connectivity index (χ0) is 22.2. The van der Waals surface area contributed by atoms with E-state index < -0.39 is 0 Å². The lowest BCUT2D eigenvalue weighted by Crippen LogP contribution is -2.31. The molecule has 5 rings (SSSR count). The van der Waals surface area contributed by atoms with E-state index in [9.17, 15) is 4.79 Å². The molecule has 2 aromatic heterocycles. The predicted octanol–water partition coefficient (Wildman–Crippen LogP) is 4.91. The summed E-state index contributed by atoms with van der Waals surface area (Å²) in [4.78, 5) is 21.3. The van der Waals surface area contributed by atoms with Crippen LogP contribution in [0.2, 0.25) is 10.0 Å². The van der Waals surface area contributed by atoms with E-state index in [-0.39, 0.29) is 11.9 Å². The Morgan fingerprint density at radius 2 is 1.97 bits per heavy atom. The maximum Gasteiger partial charge on any atom is 0.256 e. The van der Waals surface area contributed by atoms with Crippen molar-refractivity contribution in [3.05, 3.63) is 75.9 Å². The monoisotopic (exact) mass is 468 g/mol. The van der Waals surface area contributed by atoms with Gasteiger partial charge in [-0.3, -0.25) is 4.79 Å². The zero-order valence-corrected chi connectivity index (χ0v) is 18.6. The van der Waals surface area contributed by atoms with Crippen LogP contribution < -0.4 is 0 Å². The molecule has 2 aromatic carbocycles. The molecule has 162 valence electrons. The van der Waals surface area contributed by atoms with Crippen LogP contribution in [0.4, 0.5) is 0 Å². The van der Waals surface area contributed by atoms with E-state index in [1.807, 2.05) is 25.1 Å². The van der Waals surface area contributed by atoms with E-state index in [0.717, 1.165) is 24.0 Å². The molecule has 0 saturated carbocycles. The summed E-state index contributed by atoms with van der Waals surface area (Å²) in [6.45, 7) is 2.47. The molecule has 1 fully saturated rings. The van der Waals surface area contributed by atoms with Crippen LogP contribution in [0, 0.1) is 6.92 Å². The van der Waals surface area contributed by atoms with Crippen LogP contribution in [0.15, 0.2) is 53.3 Å². The number of halogens is 2. The Morgan fingerprint density at radius 3 is 2.78 bits per heavy atom. The summed E-state index contributed by atoms with van der Waals surface area (Å²) in [5, 5.41) is 13.5. The molecule has 1 atom stereocenters. The summed E-state index contributed by atoms with van der Waals surface area (Å²) >= 11 is 12.4. The van der Waals surface area contributed by atoms with E-state index in [4.69, 9.17) is 27.7 Å². The van der Waals surface area contributed by atoms with Crippen molar-refractivity contribution in [2.24, 2.45) is 0 Å². The first-order valence-electron chi connectivity index (χ1n) is 10.1. The summed E-state index contributed by atoms with van der Waals surface area (Å²) in [5.41, 5.74) is 2.63. The number of rotatable bonds is 4. The summed E-state index contributed by atoms with van der Waals surface area (Å²) in [6.07, 6.45) is 4.65. The fourth-order valence-electron chi connectivity index (χ4n) is 3.95. The molecule has 1 unspecified atom stereocenters. The van der Waals surface area contributed by atoms with E-state index in [2.05, 4.69) is 20.3 Å². The van der Waals surface area contributed by atoms with Crippen LogP contribution in [-0.2, 0) is 0 Å². The van der Waals surface area contributed by atoms with E-state index in [0.29, 0.717) is 39.6 Å². The highest BCUT2D eigenvalue weighted by Crippen LogP contribution is 2.35. The number of aromatic nitrogens is 5. The first-order valence-corrected chi connectivity index (χ1v) is 10.8. The summed E-state index contributed by atoms with van der Waals surface area (Å²) in [7, 11) is 0. The Hall–Kier alpha value is -3.23. The van der Waals surface area contributed by atoms with Crippen LogP contribution in [0.25, 0.3) is 17.1 Å².